The zero-order valence-corrected chi connectivity index (χ0v) is 18.6. The SMILES string of the molecule is CCCC(C=O)c1coc2c(CO)c(OC/C=C/c3ccccc3)c(CC(C)C)cc12. The van der Waals surface area contributed by atoms with Gasteiger partial charge in [-0.1, -0.05) is 63.6 Å². The summed E-state index contributed by atoms with van der Waals surface area (Å²) in [4.78, 5) is 11.7. The summed E-state index contributed by atoms with van der Waals surface area (Å²) in [6.07, 6.45) is 9.14. The fourth-order valence-electron chi connectivity index (χ4n) is 3.99. The van der Waals surface area contributed by atoms with Crippen LogP contribution in [0.5, 0.6) is 5.75 Å². The molecule has 1 atom stereocenters. The van der Waals surface area contributed by atoms with Crippen molar-refractivity contribution in [1.29, 1.82) is 0 Å². The molecule has 0 amide bonds. The van der Waals surface area contributed by atoms with E-state index in [1.165, 1.54) is 0 Å². The highest BCUT2D eigenvalue weighted by molar-refractivity contribution is 5.90. The van der Waals surface area contributed by atoms with Gasteiger partial charge in [0, 0.05) is 16.9 Å². The Balaban J connectivity index is 1.98. The number of furan rings is 1. The van der Waals surface area contributed by atoms with Crippen molar-refractivity contribution in [3.8, 4) is 5.75 Å². The molecule has 0 aliphatic rings. The average Bonchev–Trinajstić information content (AvgIpc) is 3.18. The summed E-state index contributed by atoms with van der Waals surface area (Å²) in [6, 6.07) is 12.1. The standard InChI is InChI=1S/C27H32O4/c1-4-9-21(16-28)25-18-31-27-23(25)15-22(14-19(2)3)26(24(27)17-29)30-13-8-12-20-10-6-5-7-11-20/h5-8,10-12,15-16,18-19,21,29H,4,9,13-14,17H2,1-3H3/b12-8+. The summed E-state index contributed by atoms with van der Waals surface area (Å²) in [7, 11) is 0. The molecule has 0 saturated heterocycles. The summed E-state index contributed by atoms with van der Waals surface area (Å²) < 4.78 is 12.0. The predicted molar refractivity (Wildman–Crippen MR) is 125 cm³/mol. The molecule has 1 aromatic heterocycles. The maximum atomic E-state index is 11.7. The lowest BCUT2D eigenvalue weighted by molar-refractivity contribution is -0.109. The molecular weight excluding hydrogens is 388 g/mol. The molecule has 0 spiro atoms. The highest BCUT2D eigenvalue weighted by atomic mass is 16.5. The molecule has 31 heavy (non-hydrogen) atoms. The van der Waals surface area contributed by atoms with Crippen molar-refractivity contribution in [2.75, 3.05) is 6.61 Å². The van der Waals surface area contributed by atoms with E-state index >= 15 is 0 Å². The topological polar surface area (TPSA) is 59.7 Å². The minimum absolute atomic E-state index is 0.188. The van der Waals surface area contributed by atoms with Gasteiger partial charge in [0.2, 0.25) is 0 Å². The number of aliphatic hydroxyl groups excluding tert-OH is 1. The number of rotatable bonds is 11. The molecule has 0 aliphatic carbocycles. The maximum absolute atomic E-state index is 11.7. The van der Waals surface area contributed by atoms with E-state index in [1.807, 2.05) is 42.5 Å². The minimum Gasteiger partial charge on any atom is -0.489 e. The quantitative estimate of drug-likeness (QED) is 0.370. The van der Waals surface area contributed by atoms with Crippen LogP contribution >= 0.6 is 0 Å². The number of benzene rings is 2. The van der Waals surface area contributed by atoms with Gasteiger partial charge in [0.1, 0.15) is 24.2 Å². The van der Waals surface area contributed by atoms with E-state index in [4.69, 9.17) is 9.15 Å². The van der Waals surface area contributed by atoms with Crippen LogP contribution in [0.15, 0.2) is 53.2 Å². The Morgan fingerprint density at radius 1 is 1.19 bits per heavy atom. The van der Waals surface area contributed by atoms with Gasteiger partial charge in [-0.3, -0.25) is 0 Å². The van der Waals surface area contributed by atoms with Crippen molar-refractivity contribution in [3.63, 3.8) is 0 Å². The van der Waals surface area contributed by atoms with Gasteiger partial charge in [0.05, 0.1) is 18.4 Å². The smallest absolute Gasteiger partial charge is 0.143 e. The number of ether oxygens (including phenoxy) is 1. The monoisotopic (exact) mass is 420 g/mol. The minimum atomic E-state index is -0.203. The number of aldehydes is 1. The first-order chi connectivity index (χ1) is 15.1. The number of carbonyl (C=O) groups excluding carboxylic acids is 1. The molecule has 3 rings (SSSR count). The third-order valence-corrected chi connectivity index (χ3v) is 5.40. The Morgan fingerprint density at radius 2 is 1.97 bits per heavy atom. The summed E-state index contributed by atoms with van der Waals surface area (Å²) in [5.74, 6) is 0.893. The summed E-state index contributed by atoms with van der Waals surface area (Å²) in [5, 5.41) is 11.1. The van der Waals surface area contributed by atoms with Crippen LogP contribution in [0, 0.1) is 5.92 Å². The second-order valence-corrected chi connectivity index (χ2v) is 8.32. The van der Waals surface area contributed by atoms with E-state index in [-0.39, 0.29) is 12.5 Å². The first-order valence-corrected chi connectivity index (χ1v) is 11.0. The number of fused-ring (bicyclic) bond motifs is 1. The number of carbonyl (C=O) groups is 1. The molecule has 1 unspecified atom stereocenters. The molecule has 0 saturated carbocycles. The average molecular weight is 421 g/mol. The molecule has 4 heteroatoms. The van der Waals surface area contributed by atoms with E-state index in [0.717, 1.165) is 47.6 Å². The van der Waals surface area contributed by atoms with Gasteiger partial charge in [0.15, 0.2) is 0 Å². The van der Waals surface area contributed by atoms with Crippen LogP contribution < -0.4 is 4.74 Å². The lowest BCUT2D eigenvalue weighted by Gasteiger charge is -2.17. The van der Waals surface area contributed by atoms with Crippen molar-refractivity contribution >= 4 is 23.3 Å². The zero-order valence-electron chi connectivity index (χ0n) is 18.6. The molecule has 3 aromatic rings. The Labute approximate surface area is 184 Å². The summed E-state index contributed by atoms with van der Waals surface area (Å²) >= 11 is 0. The Morgan fingerprint density at radius 3 is 2.61 bits per heavy atom. The molecule has 0 bridgehead atoms. The van der Waals surface area contributed by atoms with E-state index in [0.29, 0.717) is 29.4 Å². The summed E-state index contributed by atoms with van der Waals surface area (Å²) in [5.41, 5.74) is 4.28. The van der Waals surface area contributed by atoms with E-state index in [1.54, 1.807) is 6.26 Å². The van der Waals surface area contributed by atoms with Crippen molar-refractivity contribution in [3.05, 3.63) is 71.0 Å². The number of hydrogen-bond acceptors (Lipinski definition) is 4. The van der Waals surface area contributed by atoms with Gasteiger partial charge in [-0.25, -0.2) is 0 Å². The molecule has 164 valence electrons. The van der Waals surface area contributed by atoms with Crippen molar-refractivity contribution in [2.45, 2.75) is 52.6 Å². The molecule has 0 radical (unpaired) electrons. The number of aliphatic hydroxyl groups is 1. The van der Waals surface area contributed by atoms with Gasteiger partial charge >= 0.3 is 0 Å². The molecular formula is C27H32O4. The fraction of sp³-hybridized carbons (Fsp3) is 0.370. The van der Waals surface area contributed by atoms with Gasteiger partial charge in [-0.05, 0) is 42.0 Å². The van der Waals surface area contributed by atoms with Crippen molar-refractivity contribution in [1.82, 2.24) is 0 Å². The molecule has 4 nitrogen and oxygen atoms in total. The highest BCUT2D eigenvalue weighted by Crippen LogP contribution is 2.39. The normalized spacial score (nSPS) is 12.7. The number of hydrogen-bond donors (Lipinski definition) is 1. The third kappa shape index (κ3) is 5.45. The van der Waals surface area contributed by atoms with E-state index in [2.05, 4.69) is 26.8 Å². The first kappa shape index (κ1) is 22.8. The van der Waals surface area contributed by atoms with Gasteiger partial charge in [-0.2, -0.15) is 0 Å². The largest absolute Gasteiger partial charge is 0.489 e. The van der Waals surface area contributed by atoms with Crippen LogP contribution in [0.3, 0.4) is 0 Å². The Bertz CT molecular complexity index is 1010. The van der Waals surface area contributed by atoms with E-state index < -0.39 is 0 Å². The molecule has 1 heterocycles. The van der Waals surface area contributed by atoms with Crippen molar-refractivity contribution < 1.29 is 19.1 Å². The second-order valence-electron chi connectivity index (χ2n) is 8.32. The van der Waals surface area contributed by atoms with Crippen LogP contribution in [0.2, 0.25) is 0 Å². The summed E-state index contributed by atoms with van der Waals surface area (Å²) in [6.45, 7) is 6.58. The predicted octanol–water partition coefficient (Wildman–Crippen LogP) is 6.30. The van der Waals surface area contributed by atoms with Crippen molar-refractivity contribution in [2.24, 2.45) is 5.92 Å². The van der Waals surface area contributed by atoms with Crippen LogP contribution in [0.4, 0.5) is 0 Å². The maximum Gasteiger partial charge on any atom is 0.143 e. The second kappa shape index (κ2) is 11.0. The fourth-order valence-corrected chi connectivity index (χ4v) is 3.99. The van der Waals surface area contributed by atoms with Gasteiger partial charge < -0.3 is 19.1 Å². The lowest BCUT2D eigenvalue weighted by atomic mass is 9.91. The van der Waals surface area contributed by atoms with Crippen LogP contribution in [0.25, 0.3) is 17.0 Å². The highest BCUT2D eigenvalue weighted by Gasteiger charge is 2.23. The van der Waals surface area contributed by atoms with Gasteiger partial charge in [0.25, 0.3) is 0 Å². The molecule has 1 N–H and O–H groups in total. The first-order valence-electron chi connectivity index (χ1n) is 11.0. The van der Waals surface area contributed by atoms with Crippen LogP contribution in [-0.2, 0) is 17.8 Å². The lowest BCUT2D eigenvalue weighted by Crippen LogP contribution is -2.06. The molecule has 0 aliphatic heterocycles. The van der Waals surface area contributed by atoms with Crippen LogP contribution in [0.1, 0.15) is 61.8 Å². The Hall–Kier alpha value is -2.85. The zero-order chi connectivity index (χ0) is 22.2. The Kier molecular flexibility index (Phi) is 8.07. The molecule has 2 aromatic carbocycles. The van der Waals surface area contributed by atoms with E-state index in [9.17, 15) is 9.90 Å². The van der Waals surface area contributed by atoms with Gasteiger partial charge in [-0.15, -0.1) is 0 Å². The third-order valence-electron chi connectivity index (χ3n) is 5.40. The van der Waals surface area contributed by atoms with Crippen LogP contribution in [-0.4, -0.2) is 18.0 Å². The molecule has 0 fully saturated rings.